The highest BCUT2D eigenvalue weighted by Crippen LogP contribution is 2.26. The number of nitrogens with zero attached hydrogens (tertiary/aromatic N) is 2. The zero-order valence-electron chi connectivity index (χ0n) is 18.3. The smallest absolute Gasteiger partial charge is 0.271 e. The zero-order chi connectivity index (χ0) is 23.6. The van der Waals surface area contributed by atoms with Gasteiger partial charge >= 0.3 is 0 Å². The monoisotopic (exact) mass is 434 g/mol. The van der Waals surface area contributed by atoms with E-state index in [1.165, 1.54) is 38.1 Å². The maximum absolute atomic E-state index is 13.2. The van der Waals surface area contributed by atoms with E-state index in [0.717, 1.165) is 15.7 Å². The molecule has 1 N–H and O–H groups in total. The van der Waals surface area contributed by atoms with E-state index in [0.29, 0.717) is 11.3 Å². The summed E-state index contributed by atoms with van der Waals surface area (Å²) in [4.78, 5) is 26.0. The van der Waals surface area contributed by atoms with E-state index in [1.54, 1.807) is 6.07 Å². The molecule has 1 atom stereocenters. The van der Waals surface area contributed by atoms with Crippen molar-refractivity contribution in [3.05, 3.63) is 92.0 Å². The van der Waals surface area contributed by atoms with Crippen LogP contribution in [0.4, 0.5) is 4.39 Å². The number of ether oxygens (including phenoxy) is 1. The summed E-state index contributed by atoms with van der Waals surface area (Å²) < 4.78 is 19.9. The minimum absolute atomic E-state index is 0.0888. The Balaban J connectivity index is 2.03. The van der Waals surface area contributed by atoms with E-state index in [-0.39, 0.29) is 23.2 Å². The number of ketones is 1. The molecule has 1 unspecified atom stereocenters. The molecule has 3 rings (SSSR count). The summed E-state index contributed by atoms with van der Waals surface area (Å²) in [7, 11) is 0. The van der Waals surface area contributed by atoms with Gasteiger partial charge in [-0.2, -0.15) is 5.26 Å². The zero-order valence-corrected chi connectivity index (χ0v) is 18.3. The highest BCUT2D eigenvalue weighted by molar-refractivity contribution is 6.03. The fourth-order valence-electron chi connectivity index (χ4n) is 3.41. The molecule has 0 aliphatic carbocycles. The van der Waals surface area contributed by atoms with Crippen LogP contribution in [-0.2, 0) is 6.54 Å². The number of hydrogen-bond acceptors (Lipinski definition) is 5. The van der Waals surface area contributed by atoms with Gasteiger partial charge in [0.25, 0.3) is 5.56 Å². The van der Waals surface area contributed by atoms with Crippen molar-refractivity contribution >= 4 is 5.78 Å². The molecule has 7 heteroatoms. The molecule has 0 radical (unpaired) electrons. The number of halogens is 1. The van der Waals surface area contributed by atoms with E-state index in [9.17, 15) is 24.3 Å². The molecule has 0 bridgehead atoms. The van der Waals surface area contributed by atoms with Crippen molar-refractivity contribution in [2.75, 3.05) is 0 Å². The molecule has 0 saturated carbocycles. The average Bonchev–Trinajstić information content (AvgIpc) is 2.75. The first-order valence-corrected chi connectivity index (χ1v) is 10.0. The molecular formula is C25H23FN2O4. The number of carbonyl (C=O) groups is 1. The Morgan fingerprint density at radius 2 is 1.81 bits per heavy atom. The Bertz CT molecular complexity index is 1290. The van der Waals surface area contributed by atoms with Crippen LogP contribution >= 0.6 is 0 Å². The number of aryl methyl sites for hydroxylation is 2. The number of rotatable bonds is 6. The van der Waals surface area contributed by atoms with E-state index in [4.69, 9.17) is 4.74 Å². The summed E-state index contributed by atoms with van der Waals surface area (Å²) in [5.74, 6) is -1.08. The van der Waals surface area contributed by atoms with Gasteiger partial charge < -0.3 is 9.84 Å². The second-order valence-electron chi connectivity index (χ2n) is 7.70. The molecule has 0 fully saturated rings. The standard InChI is InChI=1S/C25H23FN2O4/c1-14-5-10-20(11-15(14)2)32-17(4)23(29)22-16(3)21(12-27)24(30)28(25(22)31)13-18-6-8-19(26)9-7-18/h5-11,17,31H,13H2,1-4H3. The minimum atomic E-state index is -0.981. The van der Waals surface area contributed by atoms with Crippen molar-refractivity contribution in [2.45, 2.75) is 40.3 Å². The molecule has 1 heterocycles. The Labute approximate surface area is 185 Å². The predicted molar refractivity (Wildman–Crippen MR) is 118 cm³/mol. The summed E-state index contributed by atoms with van der Waals surface area (Å²) in [6.45, 7) is 6.74. The van der Waals surface area contributed by atoms with Crippen molar-refractivity contribution in [2.24, 2.45) is 0 Å². The predicted octanol–water partition coefficient (Wildman–Crippen LogP) is 4.19. The summed E-state index contributed by atoms with van der Waals surface area (Å²) in [5.41, 5.74) is 1.56. The number of hydrogen-bond donors (Lipinski definition) is 1. The van der Waals surface area contributed by atoms with Gasteiger partial charge in [0.05, 0.1) is 12.1 Å². The molecule has 32 heavy (non-hydrogen) atoms. The van der Waals surface area contributed by atoms with E-state index in [2.05, 4.69) is 0 Å². The highest BCUT2D eigenvalue weighted by atomic mass is 19.1. The number of Topliss-reactive ketones (excluding diaryl/α,β-unsaturated/α-hetero) is 1. The quantitative estimate of drug-likeness (QED) is 0.588. The third-order valence-corrected chi connectivity index (χ3v) is 5.46. The van der Waals surface area contributed by atoms with E-state index < -0.39 is 29.1 Å². The average molecular weight is 434 g/mol. The third kappa shape index (κ3) is 4.40. The Kier molecular flexibility index (Phi) is 6.45. The number of aromatic hydroxyl groups is 1. The lowest BCUT2D eigenvalue weighted by molar-refractivity contribution is 0.0812. The Hall–Kier alpha value is -3.92. The lowest BCUT2D eigenvalue weighted by Gasteiger charge is -2.19. The van der Waals surface area contributed by atoms with Crippen LogP contribution in [0.2, 0.25) is 0 Å². The molecular weight excluding hydrogens is 411 g/mol. The van der Waals surface area contributed by atoms with E-state index >= 15 is 0 Å². The number of nitriles is 1. The van der Waals surface area contributed by atoms with Crippen LogP contribution in [0.5, 0.6) is 11.6 Å². The van der Waals surface area contributed by atoms with Gasteiger partial charge in [0.1, 0.15) is 23.2 Å². The van der Waals surface area contributed by atoms with Crippen LogP contribution in [0.25, 0.3) is 0 Å². The van der Waals surface area contributed by atoms with Crippen molar-refractivity contribution in [1.29, 1.82) is 5.26 Å². The molecule has 164 valence electrons. The van der Waals surface area contributed by atoms with E-state index in [1.807, 2.05) is 32.0 Å². The van der Waals surface area contributed by atoms with Crippen LogP contribution in [0.3, 0.4) is 0 Å². The van der Waals surface area contributed by atoms with Crippen LogP contribution < -0.4 is 10.3 Å². The van der Waals surface area contributed by atoms with Gasteiger partial charge in [-0.05, 0) is 74.2 Å². The SMILES string of the molecule is Cc1ccc(OC(C)C(=O)c2c(C)c(C#N)c(=O)n(Cc3ccc(F)cc3)c2O)cc1C. The van der Waals surface area contributed by atoms with Crippen LogP contribution in [0.1, 0.15) is 45.1 Å². The van der Waals surface area contributed by atoms with Gasteiger partial charge in [0.15, 0.2) is 6.10 Å². The summed E-state index contributed by atoms with van der Waals surface area (Å²) in [6, 6.07) is 12.6. The molecule has 3 aromatic rings. The molecule has 1 aromatic heterocycles. The second kappa shape index (κ2) is 9.06. The Morgan fingerprint density at radius 3 is 2.41 bits per heavy atom. The number of benzene rings is 2. The number of aromatic nitrogens is 1. The second-order valence-corrected chi connectivity index (χ2v) is 7.70. The third-order valence-electron chi connectivity index (χ3n) is 5.46. The fourth-order valence-corrected chi connectivity index (χ4v) is 3.41. The van der Waals surface area contributed by atoms with Crippen LogP contribution in [0, 0.1) is 37.9 Å². The number of carbonyl (C=O) groups excluding carboxylic acids is 1. The van der Waals surface area contributed by atoms with Gasteiger partial charge in [0.2, 0.25) is 11.7 Å². The maximum Gasteiger partial charge on any atom is 0.271 e. The lowest BCUT2D eigenvalue weighted by atomic mass is 9.99. The molecule has 0 aliphatic rings. The highest BCUT2D eigenvalue weighted by Gasteiger charge is 2.28. The molecule has 2 aromatic carbocycles. The summed E-state index contributed by atoms with van der Waals surface area (Å²) >= 11 is 0. The molecule has 6 nitrogen and oxygen atoms in total. The first-order chi connectivity index (χ1) is 15.1. The largest absolute Gasteiger partial charge is 0.494 e. The van der Waals surface area contributed by atoms with Crippen LogP contribution in [-0.4, -0.2) is 21.6 Å². The van der Waals surface area contributed by atoms with Gasteiger partial charge in [-0.1, -0.05) is 18.2 Å². The van der Waals surface area contributed by atoms with Gasteiger partial charge in [-0.25, -0.2) is 4.39 Å². The molecule has 0 spiro atoms. The van der Waals surface area contributed by atoms with Crippen molar-refractivity contribution in [3.63, 3.8) is 0 Å². The fraction of sp³-hybridized carbons (Fsp3) is 0.240. The summed E-state index contributed by atoms with van der Waals surface area (Å²) in [5, 5.41) is 20.4. The van der Waals surface area contributed by atoms with Crippen molar-refractivity contribution in [1.82, 2.24) is 4.57 Å². The van der Waals surface area contributed by atoms with Crippen molar-refractivity contribution in [3.8, 4) is 17.7 Å². The molecule has 0 aliphatic heterocycles. The Morgan fingerprint density at radius 1 is 1.16 bits per heavy atom. The van der Waals surface area contributed by atoms with Gasteiger partial charge in [-0.3, -0.25) is 14.2 Å². The first kappa shape index (κ1) is 22.8. The van der Waals surface area contributed by atoms with Crippen molar-refractivity contribution < 1.29 is 19.0 Å². The maximum atomic E-state index is 13.2. The summed E-state index contributed by atoms with van der Waals surface area (Å²) in [6.07, 6.45) is -0.981. The lowest BCUT2D eigenvalue weighted by Crippen LogP contribution is -2.31. The molecule has 0 amide bonds. The van der Waals surface area contributed by atoms with Crippen LogP contribution in [0.15, 0.2) is 47.3 Å². The number of pyridine rings is 1. The minimum Gasteiger partial charge on any atom is -0.494 e. The normalized spacial score (nSPS) is 11.6. The molecule has 0 saturated heterocycles. The van der Waals surface area contributed by atoms with Gasteiger partial charge in [-0.15, -0.1) is 0 Å². The van der Waals surface area contributed by atoms with Gasteiger partial charge in [0, 0.05) is 0 Å². The first-order valence-electron chi connectivity index (χ1n) is 10.0. The topological polar surface area (TPSA) is 92.3 Å².